The summed E-state index contributed by atoms with van der Waals surface area (Å²) in [5, 5.41) is 5.97. The molecule has 0 unspecified atom stereocenters. The largest absolute Gasteiger partial charge is 0.379 e. The molecule has 2 atom stereocenters. The highest BCUT2D eigenvalue weighted by Crippen LogP contribution is 2.20. The molecule has 6 nitrogen and oxygen atoms in total. The van der Waals surface area contributed by atoms with Crippen molar-refractivity contribution in [2.75, 3.05) is 7.11 Å². The van der Waals surface area contributed by atoms with E-state index in [4.69, 9.17) is 4.74 Å². The fourth-order valence-corrected chi connectivity index (χ4v) is 3.18. The number of urea groups is 1. The van der Waals surface area contributed by atoms with Crippen LogP contribution in [0.2, 0.25) is 0 Å². The number of carbonyl (C=O) groups is 1. The number of rotatable bonds is 5. The van der Waals surface area contributed by atoms with Crippen LogP contribution in [0.5, 0.6) is 0 Å². The first kappa shape index (κ1) is 16.5. The van der Waals surface area contributed by atoms with Crippen LogP contribution in [0.3, 0.4) is 0 Å². The van der Waals surface area contributed by atoms with Crippen LogP contribution in [0, 0.1) is 0 Å². The lowest BCUT2D eigenvalue weighted by Gasteiger charge is -2.31. The molecule has 1 aliphatic rings. The molecule has 128 valence electrons. The fraction of sp³-hybridized carbons (Fsp3) is 0.444. The van der Waals surface area contributed by atoms with Crippen molar-refractivity contribution in [3.05, 3.63) is 48.5 Å². The number of nitrogens with one attached hydrogen (secondary N) is 2. The average molecular weight is 328 g/mol. The van der Waals surface area contributed by atoms with E-state index in [9.17, 15) is 4.79 Å². The standard InChI is InChI=1S/C18H24N4O2/c1-24-17-8-3-2-7-16(17)21-18(23)20-12-14-5-4-6-15(11-14)22-10-9-19-13-22/h4-6,9-11,13,16-17H,2-3,7-8,12H2,1H3,(H2,20,21,23)/t16-,17+/m0/s1. The Kier molecular flexibility index (Phi) is 5.48. The van der Waals surface area contributed by atoms with Crippen molar-refractivity contribution in [1.82, 2.24) is 20.2 Å². The summed E-state index contributed by atoms with van der Waals surface area (Å²) in [5.74, 6) is 0. The second-order valence-electron chi connectivity index (χ2n) is 6.13. The van der Waals surface area contributed by atoms with E-state index in [0.29, 0.717) is 6.54 Å². The van der Waals surface area contributed by atoms with E-state index in [1.54, 1.807) is 19.6 Å². The number of ether oxygens (including phenoxy) is 1. The van der Waals surface area contributed by atoms with Crippen LogP contribution < -0.4 is 10.6 Å². The van der Waals surface area contributed by atoms with Gasteiger partial charge in [0.15, 0.2) is 0 Å². The molecule has 0 spiro atoms. The van der Waals surface area contributed by atoms with E-state index in [0.717, 1.165) is 30.5 Å². The Morgan fingerprint density at radius 1 is 1.38 bits per heavy atom. The summed E-state index contributed by atoms with van der Waals surface area (Å²) in [5.41, 5.74) is 2.07. The predicted molar refractivity (Wildman–Crippen MR) is 92.0 cm³/mol. The number of imidazole rings is 1. The van der Waals surface area contributed by atoms with E-state index >= 15 is 0 Å². The van der Waals surface area contributed by atoms with Crippen LogP contribution >= 0.6 is 0 Å². The molecule has 0 bridgehead atoms. The van der Waals surface area contributed by atoms with Gasteiger partial charge in [0.1, 0.15) is 0 Å². The maximum Gasteiger partial charge on any atom is 0.315 e. The van der Waals surface area contributed by atoms with Crippen molar-refractivity contribution in [2.45, 2.75) is 44.4 Å². The Morgan fingerprint density at radius 3 is 3.04 bits per heavy atom. The number of hydrogen-bond acceptors (Lipinski definition) is 3. The second-order valence-corrected chi connectivity index (χ2v) is 6.13. The van der Waals surface area contributed by atoms with Crippen LogP contribution in [0.15, 0.2) is 43.0 Å². The molecule has 1 heterocycles. The van der Waals surface area contributed by atoms with Crippen molar-refractivity contribution in [3.8, 4) is 5.69 Å². The lowest BCUT2D eigenvalue weighted by molar-refractivity contribution is 0.0452. The summed E-state index contributed by atoms with van der Waals surface area (Å²) in [4.78, 5) is 16.2. The number of aromatic nitrogens is 2. The maximum absolute atomic E-state index is 12.2. The molecule has 1 aromatic heterocycles. The first-order valence-electron chi connectivity index (χ1n) is 8.40. The number of carbonyl (C=O) groups excluding carboxylic acids is 1. The molecule has 2 N–H and O–H groups in total. The smallest absolute Gasteiger partial charge is 0.315 e. The summed E-state index contributed by atoms with van der Waals surface area (Å²) < 4.78 is 7.41. The van der Waals surface area contributed by atoms with Gasteiger partial charge in [-0.3, -0.25) is 0 Å². The highest BCUT2D eigenvalue weighted by atomic mass is 16.5. The van der Waals surface area contributed by atoms with Gasteiger partial charge in [0.2, 0.25) is 0 Å². The first-order valence-corrected chi connectivity index (χ1v) is 8.40. The number of benzene rings is 1. The third kappa shape index (κ3) is 4.14. The van der Waals surface area contributed by atoms with Crippen LogP contribution in [-0.4, -0.2) is 34.8 Å². The molecular formula is C18H24N4O2. The quantitative estimate of drug-likeness (QED) is 0.886. The van der Waals surface area contributed by atoms with E-state index in [1.165, 1.54) is 6.42 Å². The Labute approximate surface area is 142 Å². The summed E-state index contributed by atoms with van der Waals surface area (Å²) in [7, 11) is 1.71. The zero-order valence-electron chi connectivity index (χ0n) is 13.9. The molecule has 0 aliphatic heterocycles. The third-order valence-electron chi connectivity index (χ3n) is 4.49. The van der Waals surface area contributed by atoms with Crippen LogP contribution in [0.1, 0.15) is 31.2 Å². The third-order valence-corrected chi connectivity index (χ3v) is 4.49. The normalized spacial score (nSPS) is 20.5. The van der Waals surface area contributed by atoms with Crippen molar-refractivity contribution in [3.63, 3.8) is 0 Å². The van der Waals surface area contributed by atoms with E-state index in [1.807, 2.05) is 35.0 Å². The molecule has 1 fully saturated rings. The number of methoxy groups -OCH3 is 1. The van der Waals surface area contributed by atoms with Gasteiger partial charge >= 0.3 is 6.03 Å². The molecule has 1 aromatic carbocycles. The maximum atomic E-state index is 12.2. The Bertz CT molecular complexity index is 657. The molecule has 1 saturated carbocycles. The predicted octanol–water partition coefficient (Wildman–Crippen LogP) is 2.63. The van der Waals surface area contributed by atoms with E-state index < -0.39 is 0 Å². The van der Waals surface area contributed by atoms with Gasteiger partial charge in [-0.25, -0.2) is 9.78 Å². The van der Waals surface area contributed by atoms with Crippen LogP contribution in [0.25, 0.3) is 5.69 Å². The van der Waals surface area contributed by atoms with Crippen molar-refractivity contribution in [1.29, 1.82) is 0 Å². The van der Waals surface area contributed by atoms with E-state index in [-0.39, 0.29) is 18.2 Å². The molecule has 24 heavy (non-hydrogen) atoms. The Hall–Kier alpha value is -2.34. The van der Waals surface area contributed by atoms with Gasteiger partial charge in [-0.15, -0.1) is 0 Å². The molecule has 1 aliphatic carbocycles. The molecule has 6 heteroatoms. The monoisotopic (exact) mass is 328 g/mol. The van der Waals surface area contributed by atoms with Crippen molar-refractivity contribution < 1.29 is 9.53 Å². The Balaban J connectivity index is 1.53. The number of hydrogen-bond donors (Lipinski definition) is 2. The minimum Gasteiger partial charge on any atom is -0.379 e. The van der Waals surface area contributed by atoms with Crippen LogP contribution in [0.4, 0.5) is 4.79 Å². The zero-order valence-corrected chi connectivity index (χ0v) is 13.9. The molecule has 0 saturated heterocycles. The summed E-state index contributed by atoms with van der Waals surface area (Å²) in [6.45, 7) is 0.485. The molecule has 0 radical (unpaired) electrons. The summed E-state index contributed by atoms with van der Waals surface area (Å²) >= 11 is 0. The number of nitrogens with zero attached hydrogens (tertiary/aromatic N) is 2. The lowest BCUT2D eigenvalue weighted by atomic mass is 9.92. The SMILES string of the molecule is CO[C@@H]1CCCC[C@@H]1NC(=O)NCc1cccc(-n2ccnc2)c1. The molecule has 2 amide bonds. The minimum absolute atomic E-state index is 0.0982. The van der Waals surface area contributed by atoms with Gasteiger partial charge in [0, 0.05) is 31.7 Å². The van der Waals surface area contributed by atoms with E-state index in [2.05, 4.69) is 15.6 Å². The van der Waals surface area contributed by atoms with Gasteiger partial charge in [-0.1, -0.05) is 25.0 Å². The minimum atomic E-state index is -0.142. The second kappa shape index (κ2) is 7.97. The average Bonchev–Trinajstić information content (AvgIpc) is 3.15. The van der Waals surface area contributed by atoms with Gasteiger partial charge in [-0.05, 0) is 30.5 Å². The summed E-state index contributed by atoms with van der Waals surface area (Å²) in [6, 6.07) is 7.99. The van der Waals surface area contributed by atoms with Gasteiger partial charge < -0.3 is 19.9 Å². The van der Waals surface area contributed by atoms with Gasteiger partial charge in [0.05, 0.1) is 18.5 Å². The molecular weight excluding hydrogens is 304 g/mol. The molecule has 3 rings (SSSR count). The highest BCUT2D eigenvalue weighted by Gasteiger charge is 2.26. The van der Waals surface area contributed by atoms with Gasteiger partial charge in [-0.2, -0.15) is 0 Å². The van der Waals surface area contributed by atoms with Crippen molar-refractivity contribution >= 4 is 6.03 Å². The van der Waals surface area contributed by atoms with Crippen molar-refractivity contribution in [2.24, 2.45) is 0 Å². The van der Waals surface area contributed by atoms with Gasteiger partial charge in [0.25, 0.3) is 0 Å². The Morgan fingerprint density at radius 2 is 2.25 bits per heavy atom. The molecule has 2 aromatic rings. The zero-order chi connectivity index (χ0) is 16.8. The number of amides is 2. The lowest BCUT2D eigenvalue weighted by Crippen LogP contribution is -2.49. The fourth-order valence-electron chi connectivity index (χ4n) is 3.18. The van der Waals surface area contributed by atoms with Crippen LogP contribution in [-0.2, 0) is 11.3 Å². The highest BCUT2D eigenvalue weighted by molar-refractivity contribution is 5.74. The first-order chi connectivity index (χ1) is 11.8. The topological polar surface area (TPSA) is 68.2 Å². The summed E-state index contributed by atoms with van der Waals surface area (Å²) in [6.07, 6.45) is 9.80.